The lowest BCUT2D eigenvalue weighted by atomic mass is 9.91. The van der Waals surface area contributed by atoms with E-state index in [0.717, 1.165) is 56.4 Å². The smallest absolute Gasteiger partial charge is 0.237 e. The van der Waals surface area contributed by atoms with Gasteiger partial charge in [-0.2, -0.15) is 0 Å². The number of carbonyl (C=O) groups is 1. The molecule has 0 radical (unpaired) electrons. The number of anilines is 1. The van der Waals surface area contributed by atoms with Crippen LogP contribution in [0.15, 0.2) is 60.7 Å². The molecule has 3 N–H and O–H groups in total. The average molecular weight is 484 g/mol. The zero-order valence-electron chi connectivity index (χ0n) is 21.4. The van der Waals surface area contributed by atoms with Gasteiger partial charge in [0.25, 0.3) is 0 Å². The number of amides is 1. The van der Waals surface area contributed by atoms with Gasteiger partial charge in [0, 0.05) is 18.8 Å². The van der Waals surface area contributed by atoms with Crippen LogP contribution >= 0.6 is 0 Å². The summed E-state index contributed by atoms with van der Waals surface area (Å²) >= 11 is 0. The van der Waals surface area contributed by atoms with Crippen LogP contribution < -0.4 is 15.5 Å². The molecule has 2 unspecified atom stereocenters. The lowest BCUT2D eigenvalue weighted by molar-refractivity contribution is -0.123. The topological polar surface area (TPSA) is 64.6 Å². The molecule has 3 aromatic rings. The molecule has 2 atom stereocenters. The number of aromatic hydroxyl groups is 1. The van der Waals surface area contributed by atoms with E-state index in [2.05, 4.69) is 71.0 Å². The van der Waals surface area contributed by atoms with Crippen LogP contribution in [0.4, 0.5) is 5.69 Å². The fourth-order valence-electron chi connectivity index (χ4n) is 5.83. The predicted octanol–water partition coefficient (Wildman–Crippen LogP) is 4.83. The molecular weight excluding hydrogens is 446 g/mol. The number of phenolic OH excluding ortho intramolecular Hbond substituents is 1. The van der Waals surface area contributed by atoms with Gasteiger partial charge < -0.3 is 20.6 Å². The molecule has 0 bridgehead atoms. The molecular formula is C31H37N3O2. The molecule has 2 heterocycles. The van der Waals surface area contributed by atoms with E-state index in [1.54, 1.807) is 6.07 Å². The fourth-order valence-corrected chi connectivity index (χ4v) is 5.83. The van der Waals surface area contributed by atoms with Gasteiger partial charge in [-0.05, 0) is 97.2 Å². The van der Waals surface area contributed by atoms with E-state index in [1.807, 2.05) is 13.0 Å². The number of hydrogen-bond acceptors (Lipinski definition) is 4. The molecule has 5 heteroatoms. The molecule has 188 valence electrons. The second-order valence-corrected chi connectivity index (χ2v) is 10.3. The standard InChI is InChI=1S/C31H37N3O2/c1-3-14-34-15-12-28(27-18-23(9-10-30(27)34)17-22-7-5-4-6-8-22)33-31(36)29-20-26-21(2)16-25(35)19-24(26)11-13-32-29/h4-10,16,18-19,28-29,32,35H,3,11-15,17,20H2,1-2H3,(H,33,36). The molecule has 0 saturated carbocycles. The molecule has 5 rings (SSSR count). The number of carbonyl (C=O) groups excluding carboxylic acids is 1. The average Bonchev–Trinajstić information content (AvgIpc) is 3.09. The third kappa shape index (κ3) is 5.26. The summed E-state index contributed by atoms with van der Waals surface area (Å²) in [5.41, 5.74) is 8.41. The molecule has 2 aliphatic rings. The van der Waals surface area contributed by atoms with E-state index >= 15 is 0 Å². The largest absolute Gasteiger partial charge is 0.508 e. The zero-order valence-corrected chi connectivity index (χ0v) is 21.4. The van der Waals surface area contributed by atoms with E-state index in [9.17, 15) is 9.90 Å². The van der Waals surface area contributed by atoms with Crippen molar-refractivity contribution in [1.29, 1.82) is 0 Å². The number of phenols is 1. The first-order chi connectivity index (χ1) is 17.5. The van der Waals surface area contributed by atoms with Crippen molar-refractivity contribution in [3.63, 3.8) is 0 Å². The first kappa shape index (κ1) is 24.4. The van der Waals surface area contributed by atoms with Crippen molar-refractivity contribution >= 4 is 11.6 Å². The van der Waals surface area contributed by atoms with Gasteiger partial charge in [0.1, 0.15) is 5.75 Å². The molecule has 2 aliphatic heterocycles. The molecule has 0 aliphatic carbocycles. The Labute approximate surface area is 214 Å². The normalized spacial score (nSPS) is 19.2. The molecule has 3 aromatic carbocycles. The van der Waals surface area contributed by atoms with E-state index in [0.29, 0.717) is 12.2 Å². The SMILES string of the molecule is CCCN1CCC(NC(=O)C2Cc3c(C)cc(O)cc3CCN2)c2cc(Cc3ccccc3)ccc21. The van der Waals surface area contributed by atoms with Gasteiger partial charge in [0.15, 0.2) is 0 Å². The van der Waals surface area contributed by atoms with Crippen LogP contribution in [0.5, 0.6) is 5.75 Å². The van der Waals surface area contributed by atoms with Crippen LogP contribution in [-0.2, 0) is 24.1 Å². The monoisotopic (exact) mass is 483 g/mol. The van der Waals surface area contributed by atoms with Crippen molar-refractivity contribution in [2.45, 2.75) is 58.0 Å². The summed E-state index contributed by atoms with van der Waals surface area (Å²) in [4.78, 5) is 16.0. The number of rotatable bonds is 6. The Kier molecular flexibility index (Phi) is 7.28. The van der Waals surface area contributed by atoms with Crippen LogP contribution in [0, 0.1) is 6.92 Å². The van der Waals surface area contributed by atoms with Crippen molar-refractivity contribution in [2.24, 2.45) is 0 Å². The summed E-state index contributed by atoms with van der Waals surface area (Å²) in [6.45, 7) is 6.93. The van der Waals surface area contributed by atoms with Gasteiger partial charge in [-0.1, -0.05) is 49.4 Å². The number of aryl methyl sites for hydroxylation is 1. The highest BCUT2D eigenvalue weighted by atomic mass is 16.3. The van der Waals surface area contributed by atoms with Crippen molar-refractivity contribution in [2.75, 3.05) is 24.5 Å². The zero-order chi connectivity index (χ0) is 25.1. The minimum atomic E-state index is -0.279. The second-order valence-electron chi connectivity index (χ2n) is 10.3. The summed E-state index contributed by atoms with van der Waals surface area (Å²) in [7, 11) is 0. The van der Waals surface area contributed by atoms with Crippen molar-refractivity contribution < 1.29 is 9.90 Å². The van der Waals surface area contributed by atoms with Gasteiger partial charge in [-0.3, -0.25) is 4.79 Å². The van der Waals surface area contributed by atoms with Gasteiger partial charge in [-0.25, -0.2) is 0 Å². The van der Waals surface area contributed by atoms with E-state index in [4.69, 9.17) is 0 Å². The van der Waals surface area contributed by atoms with Gasteiger partial charge in [0.2, 0.25) is 5.91 Å². The maximum atomic E-state index is 13.6. The van der Waals surface area contributed by atoms with Gasteiger partial charge in [0.05, 0.1) is 12.1 Å². The first-order valence-corrected chi connectivity index (χ1v) is 13.3. The highest BCUT2D eigenvalue weighted by Crippen LogP contribution is 2.35. The Bertz CT molecular complexity index is 1220. The summed E-state index contributed by atoms with van der Waals surface area (Å²) in [5.74, 6) is 0.361. The first-order valence-electron chi connectivity index (χ1n) is 13.3. The number of nitrogens with one attached hydrogen (secondary N) is 2. The van der Waals surface area contributed by atoms with E-state index in [1.165, 1.54) is 27.9 Å². The molecule has 0 fully saturated rings. The molecule has 1 amide bonds. The summed E-state index contributed by atoms with van der Waals surface area (Å²) in [5, 5.41) is 16.9. The minimum absolute atomic E-state index is 0.00164. The molecule has 36 heavy (non-hydrogen) atoms. The van der Waals surface area contributed by atoms with Crippen molar-refractivity contribution in [1.82, 2.24) is 10.6 Å². The molecule has 0 aromatic heterocycles. The molecule has 0 saturated heterocycles. The van der Waals surface area contributed by atoms with Crippen molar-refractivity contribution in [3.8, 4) is 5.75 Å². The van der Waals surface area contributed by atoms with Crippen LogP contribution in [-0.4, -0.2) is 36.7 Å². The predicted molar refractivity (Wildman–Crippen MR) is 146 cm³/mol. The molecule has 0 spiro atoms. The summed E-state index contributed by atoms with van der Waals surface area (Å²) in [6.07, 6.45) is 4.35. The lowest BCUT2D eigenvalue weighted by Crippen LogP contribution is -2.48. The van der Waals surface area contributed by atoms with Crippen molar-refractivity contribution in [3.05, 3.63) is 94.0 Å². The maximum absolute atomic E-state index is 13.6. The van der Waals surface area contributed by atoms with Gasteiger partial charge in [-0.15, -0.1) is 0 Å². The third-order valence-electron chi connectivity index (χ3n) is 7.62. The molecule has 5 nitrogen and oxygen atoms in total. The van der Waals surface area contributed by atoms with Gasteiger partial charge >= 0.3 is 0 Å². The number of fused-ring (bicyclic) bond motifs is 2. The quantitative estimate of drug-likeness (QED) is 0.470. The second kappa shape index (κ2) is 10.8. The van der Waals surface area contributed by atoms with E-state index in [-0.39, 0.29) is 18.0 Å². The summed E-state index contributed by atoms with van der Waals surface area (Å²) < 4.78 is 0. The fraction of sp³-hybridized carbons (Fsp3) is 0.387. The Hall–Kier alpha value is -3.31. The van der Waals surface area contributed by atoms with Crippen LogP contribution in [0.2, 0.25) is 0 Å². The van der Waals surface area contributed by atoms with E-state index < -0.39 is 0 Å². The third-order valence-corrected chi connectivity index (χ3v) is 7.62. The Morgan fingerprint density at radius 3 is 2.75 bits per heavy atom. The highest BCUT2D eigenvalue weighted by molar-refractivity contribution is 5.83. The number of benzene rings is 3. The Morgan fingerprint density at radius 1 is 1.11 bits per heavy atom. The van der Waals surface area contributed by atoms with Crippen LogP contribution in [0.3, 0.4) is 0 Å². The lowest BCUT2D eigenvalue weighted by Gasteiger charge is -2.37. The number of nitrogens with zero attached hydrogens (tertiary/aromatic N) is 1. The Balaban J connectivity index is 1.38. The maximum Gasteiger partial charge on any atom is 0.237 e. The highest BCUT2D eigenvalue weighted by Gasteiger charge is 2.30. The number of hydrogen-bond donors (Lipinski definition) is 3. The van der Waals surface area contributed by atoms with Crippen LogP contribution in [0.1, 0.15) is 59.2 Å². The summed E-state index contributed by atoms with van der Waals surface area (Å²) in [6, 6.07) is 20.7. The minimum Gasteiger partial charge on any atom is -0.508 e. The van der Waals surface area contributed by atoms with Crippen LogP contribution in [0.25, 0.3) is 0 Å². The Morgan fingerprint density at radius 2 is 1.94 bits per heavy atom.